The number of carbonyl (C=O) groups is 1. The summed E-state index contributed by atoms with van der Waals surface area (Å²) in [6, 6.07) is 8.54. The molecular weight excluding hydrogens is 463 g/mol. The van der Waals surface area contributed by atoms with E-state index in [4.69, 9.17) is 10.2 Å². The molecule has 0 atom stereocenters. The van der Waals surface area contributed by atoms with E-state index in [2.05, 4.69) is 49.7 Å². The summed E-state index contributed by atoms with van der Waals surface area (Å²) in [6.07, 6.45) is 6.03. The van der Waals surface area contributed by atoms with E-state index in [0.717, 1.165) is 18.4 Å². The van der Waals surface area contributed by atoms with Gasteiger partial charge in [0.1, 0.15) is 6.33 Å². The number of hydrogen-bond acceptors (Lipinski definition) is 9. The van der Waals surface area contributed by atoms with Crippen molar-refractivity contribution in [1.82, 2.24) is 25.1 Å². The van der Waals surface area contributed by atoms with Crippen LogP contribution in [0.15, 0.2) is 41.4 Å². The van der Waals surface area contributed by atoms with Gasteiger partial charge in [-0.05, 0) is 51.3 Å². The number of nitrogens with two attached hydrogens (primary N) is 1. The summed E-state index contributed by atoms with van der Waals surface area (Å²) >= 11 is 0. The second-order valence-electron chi connectivity index (χ2n) is 9.82. The van der Waals surface area contributed by atoms with Gasteiger partial charge in [0.2, 0.25) is 24.0 Å². The van der Waals surface area contributed by atoms with Crippen LogP contribution in [0, 0.1) is 12.7 Å². The van der Waals surface area contributed by atoms with Crippen molar-refractivity contribution in [2.45, 2.75) is 50.6 Å². The normalized spacial score (nSPS) is 17.6. The Morgan fingerprint density at radius 2 is 2.00 bits per heavy atom. The van der Waals surface area contributed by atoms with Gasteiger partial charge in [-0.15, -0.1) is 10.2 Å². The molecule has 0 unspecified atom stereocenters. The predicted octanol–water partition coefficient (Wildman–Crippen LogP) is 2.41. The first-order chi connectivity index (χ1) is 17.4. The molecule has 5 rings (SSSR count). The zero-order valence-electron chi connectivity index (χ0n) is 20.4. The first-order valence-corrected chi connectivity index (χ1v) is 12.3. The van der Waals surface area contributed by atoms with Gasteiger partial charge in [-0.25, -0.2) is 9.97 Å². The van der Waals surface area contributed by atoms with Gasteiger partial charge in [0.05, 0.1) is 12.0 Å². The Hall–Kier alpha value is -3.60. The van der Waals surface area contributed by atoms with Gasteiger partial charge >= 0.3 is 0 Å². The average molecular weight is 495 g/mol. The third kappa shape index (κ3) is 5.30. The van der Waals surface area contributed by atoms with Crippen molar-refractivity contribution in [2.75, 3.05) is 36.4 Å². The molecule has 1 saturated carbocycles. The lowest BCUT2D eigenvalue weighted by Crippen LogP contribution is -2.48. The topological polar surface area (TPSA) is 126 Å². The number of carbonyl (C=O) groups excluding carboxylic acids is 1. The number of likely N-dealkylation sites (tertiary alicyclic amines) is 1. The van der Waals surface area contributed by atoms with Gasteiger partial charge in [-0.3, -0.25) is 9.69 Å². The summed E-state index contributed by atoms with van der Waals surface area (Å²) in [5.74, 6) is 0.109. The van der Waals surface area contributed by atoms with Crippen molar-refractivity contribution in [3.05, 3.63) is 59.8 Å². The van der Waals surface area contributed by atoms with Crippen molar-refractivity contribution in [3.63, 3.8) is 0 Å². The zero-order valence-corrected chi connectivity index (χ0v) is 20.4. The number of nitrogens with zero attached hydrogens (tertiary/aromatic N) is 6. The van der Waals surface area contributed by atoms with Gasteiger partial charge < -0.3 is 20.4 Å². The van der Waals surface area contributed by atoms with Crippen LogP contribution in [0.5, 0.6) is 0 Å². The number of piperidine rings is 1. The van der Waals surface area contributed by atoms with Gasteiger partial charge in [-0.2, -0.15) is 4.39 Å². The minimum Gasteiger partial charge on any atom is -0.427 e. The minimum absolute atomic E-state index is 0.146. The van der Waals surface area contributed by atoms with Crippen LogP contribution < -0.4 is 16.0 Å². The number of aryl methyl sites for hydroxylation is 1. The summed E-state index contributed by atoms with van der Waals surface area (Å²) in [7, 11) is 0. The van der Waals surface area contributed by atoms with Crippen LogP contribution in [0.1, 0.15) is 42.7 Å². The Labute approximate surface area is 209 Å². The van der Waals surface area contributed by atoms with E-state index in [-0.39, 0.29) is 24.3 Å². The number of anilines is 2. The molecule has 190 valence electrons. The first-order valence-electron chi connectivity index (χ1n) is 12.3. The van der Waals surface area contributed by atoms with E-state index in [1.165, 1.54) is 18.3 Å². The Morgan fingerprint density at radius 3 is 2.64 bits per heavy atom. The lowest BCUT2D eigenvalue weighted by atomic mass is 9.78. The molecule has 1 saturated heterocycles. The summed E-state index contributed by atoms with van der Waals surface area (Å²) < 4.78 is 21.3. The molecule has 0 radical (unpaired) electrons. The second-order valence-corrected chi connectivity index (χ2v) is 9.82. The van der Waals surface area contributed by atoms with E-state index < -0.39 is 11.2 Å². The highest BCUT2D eigenvalue weighted by atomic mass is 19.1. The molecule has 3 heterocycles. The predicted molar refractivity (Wildman–Crippen MR) is 132 cm³/mol. The average Bonchev–Trinajstić information content (AvgIpc) is 3.56. The highest BCUT2D eigenvalue weighted by molar-refractivity contribution is 5.75. The smallest absolute Gasteiger partial charge is 0.231 e. The van der Waals surface area contributed by atoms with Crippen molar-refractivity contribution >= 4 is 17.5 Å². The lowest BCUT2D eigenvalue weighted by molar-refractivity contribution is -0.119. The molecular formula is C25H31FN8O2. The fourth-order valence-corrected chi connectivity index (χ4v) is 4.82. The molecule has 1 amide bonds. The molecule has 10 nitrogen and oxygen atoms in total. The molecule has 36 heavy (non-hydrogen) atoms. The maximum atomic E-state index is 15.8. The van der Waals surface area contributed by atoms with Crippen molar-refractivity contribution < 1.29 is 13.6 Å². The third-order valence-electron chi connectivity index (χ3n) is 7.10. The zero-order chi connectivity index (χ0) is 25.1. The molecule has 2 fully saturated rings. The third-order valence-corrected chi connectivity index (χ3v) is 7.10. The van der Waals surface area contributed by atoms with Crippen LogP contribution >= 0.6 is 0 Å². The molecule has 0 spiro atoms. The van der Waals surface area contributed by atoms with Crippen molar-refractivity contribution in [3.8, 4) is 0 Å². The Morgan fingerprint density at radius 1 is 1.25 bits per heavy atom. The first kappa shape index (κ1) is 24.1. The van der Waals surface area contributed by atoms with Gasteiger partial charge in [0, 0.05) is 19.1 Å². The Balaban J connectivity index is 1.34. The number of halogens is 1. The second kappa shape index (κ2) is 10.2. The van der Waals surface area contributed by atoms with E-state index >= 15 is 4.39 Å². The molecule has 2 aliphatic rings. The maximum absolute atomic E-state index is 15.8. The van der Waals surface area contributed by atoms with Crippen LogP contribution in [0.4, 0.5) is 16.0 Å². The number of rotatable bonds is 10. The molecule has 2 aromatic heterocycles. The highest BCUT2D eigenvalue weighted by Crippen LogP contribution is 2.37. The van der Waals surface area contributed by atoms with E-state index in [1.807, 2.05) is 16.7 Å². The van der Waals surface area contributed by atoms with Crippen LogP contribution in [-0.4, -0.2) is 63.2 Å². The molecule has 3 N–H and O–H groups in total. The Bertz CT molecular complexity index is 1180. The number of aromatic nitrogens is 4. The van der Waals surface area contributed by atoms with E-state index in [0.29, 0.717) is 50.7 Å². The van der Waals surface area contributed by atoms with Gasteiger partial charge in [0.25, 0.3) is 0 Å². The number of primary amides is 1. The quantitative estimate of drug-likeness (QED) is 0.437. The van der Waals surface area contributed by atoms with Gasteiger partial charge in [0.15, 0.2) is 11.6 Å². The molecule has 0 bridgehead atoms. The van der Waals surface area contributed by atoms with Gasteiger partial charge in [-0.1, -0.05) is 29.8 Å². The number of hydrogen-bond donors (Lipinski definition) is 2. The van der Waals surface area contributed by atoms with Crippen LogP contribution in [0.3, 0.4) is 0 Å². The number of benzene rings is 1. The summed E-state index contributed by atoms with van der Waals surface area (Å²) in [4.78, 5) is 23.9. The molecule has 11 heteroatoms. The van der Waals surface area contributed by atoms with Crippen LogP contribution in [0.25, 0.3) is 0 Å². The van der Waals surface area contributed by atoms with Crippen LogP contribution in [-0.2, 0) is 16.8 Å². The summed E-state index contributed by atoms with van der Waals surface area (Å²) in [5, 5.41) is 11.2. The molecule has 3 aromatic rings. The Kier molecular flexibility index (Phi) is 6.82. The fraction of sp³-hybridized carbons (Fsp3) is 0.480. The standard InChI is InChI=1S/C25H31FN8O2/c1-17-2-4-18(5-3-17)12-34(19-6-7-19)23-21(26)22(29-15-30-23)28-14-25(24-32-31-16-36-24)8-10-33(11-9-25)13-20(27)35/h2-5,15-16,19H,6-14H2,1H3,(H2,27,35)(H,28,29,30). The largest absolute Gasteiger partial charge is 0.427 e. The summed E-state index contributed by atoms with van der Waals surface area (Å²) in [6.45, 7) is 4.46. The van der Waals surface area contributed by atoms with Crippen molar-refractivity contribution in [1.29, 1.82) is 0 Å². The van der Waals surface area contributed by atoms with E-state index in [9.17, 15) is 4.79 Å². The monoisotopic (exact) mass is 494 g/mol. The fourth-order valence-electron chi connectivity index (χ4n) is 4.82. The molecule has 1 aromatic carbocycles. The minimum atomic E-state index is -0.514. The maximum Gasteiger partial charge on any atom is 0.231 e. The van der Waals surface area contributed by atoms with E-state index in [1.54, 1.807) is 0 Å². The number of nitrogens with one attached hydrogen (secondary N) is 1. The number of amides is 1. The van der Waals surface area contributed by atoms with Crippen LogP contribution in [0.2, 0.25) is 0 Å². The lowest BCUT2D eigenvalue weighted by Gasteiger charge is -2.39. The summed E-state index contributed by atoms with van der Waals surface area (Å²) in [5.41, 5.74) is 7.15. The molecule has 1 aliphatic heterocycles. The highest BCUT2D eigenvalue weighted by Gasteiger charge is 2.41. The molecule has 1 aliphatic carbocycles. The van der Waals surface area contributed by atoms with Crippen molar-refractivity contribution in [2.24, 2.45) is 5.73 Å². The SMILES string of the molecule is Cc1ccc(CN(c2ncnc(NCC3(c4nnco4)CCN(CC(N)=O)CC3)c2F)C2CC2)cc1.